The highest BCUT2D eigenvalue weighted by molar-refractivity contribution is 5.92. The first kappa shape index (κ1) is 15.8. The number of nitrogens with zero attached hydrogens (tertiary/aromatic N) is 1. The molecule has 0 radical (unpaired) electrons. The fourth-order valence-corrected chi connectivity index (χ4v) is 2.45. The van der Waals surface area contributed by atoms with E-state index in [1.807, 2.05) is 37.3 Å². The van der Waals surface area contributed by atoms with Gasteiger partial charge in [0.15, 0.2) is 6.61 Å². The number of aromatic nitrogens is 1. The zero-order valence-corrected chi connectivity index (χ0v) is 13.6. The van der Waals surface area contributed by atoms with Gasteiger partial charge in [0.2, 0.25) is 0 Å². The van der Waals surface area contributed by atoms with Crippen molar-refractivity contribution in [3.63, 3.8) is 0 Å². The summed E-state index contributed by atoms with van der Waals surface area (Å²) in [5.74, 6) is 0.268. The molecular formula is C19H18N2O3. The number of carbonyl (C=O) groups excluding carboxylic acids is 1. The predicted molar refractivity (Wildman–Crippen MR) is 94.5 cm³/mol. The van der Waals surface area contributed by atoms with E-state index in [4.69, 9.17) is 4.74 Å². The van der Waals surface area contributed by atoms with Crippen LogP contribution in [-0.2, 0) is 11.8 Å². The SMILES string of the molecule is Cc1ccc(NC(=O)COc2cccc3c(=O)n(C)ccc23)cc1. The van der Waals surface area contributed by atoms with Gasteiger partial charge in [-0.05, 0) is 37.3 Å². The maximum Gasteiger partial charge on any atom is 0.262 e. The van der Waals surface area contributed by atoms with Gasteiger partial charge in [0.05, 0.1) is 5.39 Å². The summed E-state index contributed by atoms with van der Waals surface area (Å²) in [6.07, 6.45) is 1.68. The summed E-state index contributed by atoms with van der Waals surface area (Å²) in [6, 6.07) is 14.6. The van der Waals surface area contributed by atoms with E-state index in [2.05, 4.69) is 5.32 Å². The Kier molecular flexibility index (Phi) is 4.33. The Morgan fingerprint density at radius 3 is 2.58 bits per heavy atom. The first-order valence-corrected chi connectivity index (χ1v) is 7.62. The number of hydrogen-bond acceptors (Lipinski definition) is 3. The van der Waals surface area contributed by atoms with Gasteiger partial charge in [-0.2, -0.15) is 0 Å². The summed E-state index contributed by atoms with van der Waals surface area (Å²) < 4.78 is 7.12. The normalized spacial score (nSPS) is 10.6. The molecule has 5 heteroatoms. The maximum absolute atomic E-state index is 12.1. The highest BCUT2D eigenvalue weighted by Crippen LogP contribution is 2.23. The third-order valence-corrected chi connectivity index (χ3v) is 3.78. The molecule has 3 aromatic rings. The fourth-order valence-electron chi connectivity index (χ4n) is 2.45. The van der Waals surface area contributed by atoms with Gasteiger partial charge in [0.1, 0.15) is 5.75 Å². The molecule has 0 fully saturated rings. The van der Waals surface area contributed by atoms with Crippen molar-refractivity contribution in [3.05, 3.63) is 70.6 Å². The van der Waals surface area contributed by atoms with E-state index in [-0.39, 0.29) is 18.1 Å². The Hall–Kier alpha value is -3.08. The predicted octanol–water partition coefficient (Wildman–Crippen LogP) is 2.86. The number of aryl methyl sites for hydroxylation is 2. The van der Waals surface area contributed by atoms with Crippen molar-refractivity contribution in [3.8, 4) is 5.75 Å². The van der Waals surface area contributed by atoms with Gasteiger partial charge in [-0.3, -0.25) is 9.59 Å². The van der Waals surface area contributed by atoms with Crippen molar-refractivity contribution in [1.82, 2.24) is 4.57 Å². The van der Waals surface area contributed by atoms with Gasteiger partial charge >= 0.3 is 0 Å². The summed E-state index contributed by atoms with van der Waals surface area (Å²) >= 11 is 0. The van der Waals surface area contributed by atoms with E-state index in [1.165, 1.54) is 4.57 Å². The van der Waals surface area contributed by atoms with Crippen LogP contribution in [0.1, 0.15) is 5.56 Å². The van der Waals surface area contributed by atoms with E-state index in [9.17, 15) is 9.59 Å². The minimum atomic E-state index is -0.250. The Bertz CT molecular complexity index is 943. The first-order valence-electron chi connectivity index (χ1n) is 7.62. The van der Waals surface area contributed by atoms with Gasteiger partial charge in [0, 0.05) is 24.3 Å². The molecule has 0 aliphatic carbocycles. The molecule has 0 bridgehead atoms. The zero-order chi connectivity index (χ0) is 17.1. The molecule has 0 unspecified atom stereocenters. The van der Waals surface area contributed by atoms with E-state index in [1.54, 1.807) is 31.4 Å². The second kappa shape index (κ2) is 6.58. The maximum atomic E-state index is 12.1. The molecule has 1 aromatic heterocycles. The quantitative estimate of drug-likeness (QED) is 0.803. The van der Waals surface area contributed by atoms with Crippen LogP contribution in [0.5, 0.6) is 5.75 Å². The third kappa shape index (κ3) is 3.30. The minimum Gasteiger partial charge on any atom is -0.483 e. The van der Waals surface area contributed by atoms with Crippen molar-refractivity contribution in [2.75, 3.05) is 11.9 Å². The van der Waals surface area contributed by atoms with Crippen LogP contribution in [0.2, 0.25) is 0 Å². The molecule has 1 heterocycles. The highest BCUT2D eigenvalue weighted by atomic mass is 16.5. The molecule has 3 rings (SSSR count). The van der Waals surface area contributed by atoms with Crippen molar-refractivity contribution >= 4 is 22.4 Å². The molecular weight excluding hydrogens is 304 g/mol. The van der Waals surface area contributed by atoms with E-state index in [0.29, 0.717) is 16.5 Å². The Balaban J connectivity index is 1.74. The van der Waals surface area contributed by atoms with E-state index >= 15 is 0 Å². The average molecular weight is 322 g/mol. The molecule has 0 saturated carbocycles. The Labute approximate surface area is 139 Å². The number of hydrogen-bond donors (Lipinski definition) is 1. The van der Waals surface area contributed by atoms with Gasteiger partial charge in [-0.25, -0.2) is 0 Å². The van der Waals surface area contributed by atoms with Crippen LogP contribution in [-0.4, -0.2) is 17.1 Å². The summed E-state index contributed by atoms with van der Waals surface area (Å²) in [4.78, 5) is 24.1. The number of ether oxygens (including phenoxy) is 1. The molecule has 1 N–H and O–H groups in total. The number of fused-ring (bicyclic) bond motifs is 1. The second-order valence-electron chi connectivity index (χ2n) is 5.65. The van der Waals surface area contributed by atoms with Gasteiger partial charge in [-0.15, -0.1) is 0 Å². The van der Waals surface area contributed by atoms with Gasteiger partial charge < -0.3 is 14.6 Å². The molecule has 1 amide bonds. The molecule has 24 heavy (non-hydrogen) atoms. The van der Waals surface area contributed by atoms with Crippen LogP contribution in [0.4, 0.5) is 5.69 Å². The molecule has 2 aromatic carbocycles. The zero-order valence-electron chi connectivity index (χ0n) is 13.6. The summed E-state index contributed by atoms with van der Waals surface area (Å²) in [6.45, 7) is 1.86. The molecule has 0 aliphatic rings. The molecule has 0 aliphatic heterocycles. The number of pyridine rings is 1. The molecule has 0 saturated heterocycles. The van der Waals surface area contributed by atoms with Crippen LogP contribution in [0.3, 0.4) is 0 Å². The standard InChI is InChI=1S/C19H18N2O3/c1-13-6-8-14(9-7-13)20-18(22)12-24-17-5-3-4-16-15(17)10-11-21(2)19(16)23/h3-11H,12H2,1-2H3,(H,20,22). The lowest BCUT2D eigenvalue weighted by Gasteiger charge is -2.10. The first-order chi connectivity index (χ1) is 11.5. The minimum absolute atomic E-state index is 0.0953. The smallest absolute Gasteiger partial charge is 0.262 e. The summed E-state index contributed by atoms with van der Waals surface area (Å²) in [7, 11) is 1.70. The number of anilines is 1. The van der Waals surface area contributed by atoms with E-state index in [0.717, 1.165) is 11.3 Å². The van der Waals surface area contributed by atoms with Crippen molar-refractivity contribution < 1.29 is 9.53 Å². The molecule has 5 nitrogen and oxygen atoms in total. The van der Waals surface area contributed by atoms with Crippen LogP contribution in [0, 0.1) is 6.92 Å². The summed E-state index contributed by atoms with van der Waals surface area (Å²) in [5, 5.41) is 4.04. The van der Waals surface area contributed by atoms with Gasteiger partial charge in [0.25, 0.3) is 11.5 Å². The number of benzene rings is 2. The Morgan fingerprint density at radius 1 is 1.08 bits per heavy atom. The second-order valence-corrected chi connectivity index (χ2v) is 5.65. The Morgan fingerprint density at radius 2 is 1.83 bits per heavy atom. The molecule has 0 atom stereocenters. The topological polar surface area (TPSA) is 60.3 Å². The number of carbonyl (C=O) groups is 1. The fraction of sp³-hybridized carbons (Fsp3) is 0.158. The molecule has 0 spiro atoms. The van der Waals surface area contributed by atoms with Crippen LogP contribution >= 0.6 is 0 Å². The van der Waals surface area contributed by atoms with E-state index < -0.39 is 0 Å². The monoisotopic (exact) mass is 322 g/mol. The lowest BCUT2D eigenvalue weighted by atomic mass is 10.1. The number of amides is 1. The summed E-state index contributed by atoms with van der Waals surface area (Å²) in [5.41, 5.74) is 1.75. The van der Waals surface area contributed by atoms with Crippen molar-refractivity contribution in [1.29, 1.82) is 0 Å². The highest BCUT2D eigenvalue weighted by Gasteiger charge is 2.08. The molecule has 122 valence electrons. The van der Waals surface area contributed by atoms with Crippen LogP contribution < -0.4 is 15.6 Å². The van der Waals surface area contributed by atoms with Crippen LogP contribution in [0.25, 0.3) is 10.8 Å². The number of nitrogens with one attached hydrogen (secondary N) is 1. The van der Waals surface area contributed by atoms with Crippen molar-refractivity contribution in [2.24, 2.45) is 7.05 Å². The lowest BCUT2D eigenvalue weighted by molar-refractivity contribution is -0.118. The third-order valence-electron chi connectivity index (χ3n) is 3.78. The largest absolute Gasteiger partial charge is 0.483 e. The van der Waals surface area contributed by atoms with Crippen molar-refractivity contribution in [2.45, 2.75) is 6.92 Å². The number of rotatable bonds is 4. The average Bonchev–Trinajstić information content (AvgIpc) is 2.58. The lowest BCUT2D eigenvalue weighted by Crippen LogP contribution is -2.20. The van der Waals surface area contributed by atoms with Crippen LogP contribution in [0.15, 0.2) is 59.5 Å². The van der Waals surface area contributed by atoms with Gasteiger partial charge in [-0.1, -0.05) is 23.8 Å².